The average molecular weight is 855 g/mol. The fourth-order valence-corrected chi connectivity index (χ4v) is 5.75. The highest BCUT2D eigenvalue weighted by atomic mass is 16.6. The Morgan fingerprint density at radius 2 is 1.05 bits per heavy atom. The van der Waals surface area contributed by atoms with Gasteiger partial charge >= 0.3 is 0 Å². The molecule has 0 fully saturated rings. The van der Waals surface area contributed by atoms with Gasteiger partial charge in [0.05, 0.1) is 38.3 Å². The van der Waals surface area contributed by atoms with Crippen LogP contribution in [0, 0.1) is 21.7 Å². The predicted octanol–water partition coefficient (Wildman–Crippen LogP) is 15.2. The minimum absolute atomic E-state index is 0.321. The van der Waals surface area contributed by atoms with Gasteiger partial charge in [0.2, 0.25) is 0 Å². The lowest BCUT2D eigenvalue weighted by molar-refractivity contribution is 0.0113. The molecule has 0 N–H and O–H groups in total. The lowest BCUT2D eigenvalue weighted by Gasteiger charge is -2.17. The van der Waals surface area contributed by atoms with Gasteiger partial charge in [-0.15, -0.1) is 5.10 Å². The number of allylic oxidation sites excluding steroid dienone is 8. The molecule has 8 nitrogen and oxygen atoms in total. The summed E-state index contributed by atoms with van der Waals surface area (Å²) in [7, 11) is 0. The zero-order valence-electron chi connectivity index (χ0n) is 43.2. The highest BCUT2D eigenvalue weighted by molar-refractivity contribution is 5.81. The van der Waals surface area contributed by atoms with Gasteiger partial charge in [0.15, 0.2) is 0 Å². The molecule has 0 aliphatic rings. The summed E-state index contributed by atoms with van der Waals surface area (Å²) < 4.78 is 18.8. The van der Waals surface area contributed by atoms with Crippen LogP contribution < -0.4 is 0 Å². The molecule has 1 aromatic heterocycles. The maximum Gasteiger partial charge on any atom is 0.140 e. The molecule has 0 saturated heterocycles. The standard InChI is InChI=1S/C27H51NO3.C26H47N3O/c1-23(11-10-12-24(2)15-16-26(4,5)6)13-14-25(3)28-31-22-21-30-20-19-29-18-17-27(7,8)9;1-22(12-9-13-23(2)15-17-26(6,7)8)14-10-18-29-20-24(27-28-29)21-30-19-11-16-25(3,4)5/h11,15H,10,12-14,16-22H2,1-9H3;12,15,20H,9-11,13-14,16-19,21H2,1-8H3/b23-11+,24-15+,28-25+;22-12+,23-15+. The van der Waals surface area contributed by atoms with Crippen molar-refractivity contribution in [2.45, 2.75) is 214 Å². The lowest BCUT2D eigenvalue weighted by Crippen LogP contribution is -2.13. The molecule has 0 unspecified atom stereocenters. The van der Waals surface area contributed by atoms with Crippen LogP contribution in [0.15, 0.2) is 57.9 Å². The van der Waals surface area contributed by atoms with Crippen molar-refractivity contribution in [3.05, 3.63) is 58.5 Å². The fourth-order valence-electron chi connectivity index (χ4n) is 5.75. The van der Waals surface area contributed by atoms with Crippen LogP contribution in [0.1, 0.15) is 207 Å². The van der Waals surface area contributed by atoms with E-state index in [4.69, 9.17) is 19.0 Å². The number of ether oxygens (including phenoxy) is 3. The van der Waals surface area contributed by atoms with Crippen molar-refractivity contribution in [2.75, 3.05) is 39.6 Å². The van der Waals surface area contributed by atoms with E-state index >= 15 is 0 Å². The van der Waals surface area contributed by atoms with Crippen LogP contribution in [0.2, 0.25) is 0 Å². The van der Waals surface area contributed by atoms with Gasteiger partial charge in [-0.2, -0.15) is 0 Å². The molecule has 0 radical (unpaired) electrons. The van der Waals surface area contributed by atoms with Crippen LogP contribution in [0.25, 0.3) is 0 Å². The molecular weight excluding hydrogens is 757 g/mol. The Kier molecular flexibility index (Phi) is 30.8. The molecule has 0 spiro atoms. The molecule has 1 rings (SSSR count). The van der Waals surface area contributed by atoms with E-state index in [0.717, 1.165) is 108 Å². The molecule has 8 heteroatoms. The Labute approximate surface area is 377 Å². The molecular formula is C53H98N4O4. The number of hydrogen-bond donors (Lipinski definition) is 0. The second-order valence-corrected chi connectivity index (χ2v) is 22.3. The molecule has 0 aromatic carbocycles. The zero-order valence-corrected chi connectivity index (χ0v) is 43.2. The normalized spacial score (nSPS) is 14.1. The third-order valence-corrected chi connectivity index (χ3v) is 9.99. The van der Waals surface area contributed by atoms with Crippen LogP contribution in [0.3, 0.4) is 0 Å². The molecule has 354 valence electrons. The third-order valence-electron chi connectivity index (χ3n) is 9.99. The van der Waals surface area contributed by atoms with Gasteiger partial charge in [0, 0.05) is 19.8 Å². The molecule has 0 atom stereocenters. The summed E-state index contributed by atoms with van der Waals surface area (Å²) >= 11 is 0. The van der Waals surface area contributed by atoms with Crippen molar-refractivity contribution in [3.63, 3.8) is 0 Å². The molecule has 0 aliphatic carbocycles. The predicted molar refractivity (Wildman–Crippen MR) is 263 cm³/mol. The lowest BCUT2D eigenvalue weighted by atomic mass is 9.91. The van der Waals surface area contributed by atoms with Gasteiger partial charge in [-0.1, -0.05) is 140 Å². The van der Waals surface area contributed by atoms with Crippen LogP contribution in [0.4, 0.5) is 0 Å². The Morgan fingerprint density at radius 1 is 0.541 bits per heavy atom. The van der Waals surface area contributed by atoms with Gasteiger partial charge in [-0.3, -0.25) is 4.68 Å². The summed E-state index contributed by atoms with van der Waals surface area (Å²) in [5, 5.41) is 12.7. The number of aryl methyl sites for hydroxylation is 1. The van der Waals surface area contributed by atoms with E-state index in [-0.39, 0.29) is 0 Å². The van der Waals surface area contributed by atoms with E-state index in [1.165, 1.54) is 28.7 Å². The first-order valence-corrected chi connectivity index (χ1v) is 23.7. The van der Waals surface area contributed by atoms with Crippen LogP contribution in [0.5, 0.6) is 0 Å². The minimum Gasteiger partial charge on any atom is -0.393 e. The molecule has 0 saturated carbocycles. The molecule has 1 heterocycles. The molecule has 0 aliphatic heterocycles. The van der Waals surface area contributed by atoms with Gasteiger partial charge < -0.3 is 19.0 Å². The number of nitrogens with zero attached hydrogens (tertiary/aromatic N) is 4. The van der Waals surface area contributed by atoms with Gasteiger partial charge in [-0.25, -0.2) is 0 Å². The van der Waals surface area contributed by atoms with Crippen molar-refractivity contribution in [3.8, 4) is 0 Å². The smallest absolute Gasteiger partial charge is 0.140 e. The molecule has 0 amide bonds. The molecule has 1 aromatic rings. The molecule has 0 bridgehead atoms. The second kappa shape index (κ2) is 32.2. The van der Waals surface area contributed by atoms with E-state index < -0.39 is 0 Å². The summed E-state index contributed by atoms with van der Waals surface area (Å²) in [6.45, 7) is 43.5. The van der Waals surface area contributed by atoms with Crippen LogP contribution in [-0.4, -0.2) is 60.3 Å². The SMILES string of the molecule is C/C(=C\CC(C)(C)C)CC/C=C(\C)CC/C(C)=N/OCCOCCOCCC(C)(C)C.C/C(=C\CC(C)(C)C)CC/C=C(\C)CCCn1cc(COCCCC(C)(C)C)nn1. The van der Waals surface area contributed by atoms with Crippen molar-refractivity contribution in [1.29, 1.82) is 0 Å². The molecule has 61 heavy (non-hydrogen) atoms. The Morgan fingerprint density at radius 3 is 1.59 bits per heavy atom. The van der Waals surface area contributed by atoms with Gasteiger partial charge in [-0.05, 0) is 140 Å². The maximum atomic E-state index is 5.74. The van der Waals surface area contributed by atoms with E-state index in [2.05, 4.69) is 151 Å². The van der Waals surface area contributed by atoms with Crippen molar-refractivity contribution >= 4 is 5.71 Å². The number of aromatic nitrogens is 3. The summed E-state index contributed by atoms with van der Waals surface area (Å²) in [5.74, 6) is 0. The third kappa shape index (κ3) is 42.5. The van der Waals surface area contributed by atoms with E-state index in [1.54, 1.807) is 0 Å². The van der Waals surface area contributed by atoms with Gasteiger partial charge in [0.1, 0.15) is 12.3 Å². The summed E-state index contributed by atoms with van der Waals surface area (Å²) in [4.78, 5) is 5.36. The second-order valence-electron chi connectivity index (χ2n) is 22.3. The topological polar surface area (TPSA) is 80.0 Å². The van der Waals surface area contributed by atoms with Crippen molar-refractivity contribution < 1.29 is 19.0 Å². The minimum atomic E-state index is 0.321. The first-order valence-electron chi connectivity index (χ1n) is 23.7. The van der Waals surface area contributed by atoms with E-state index in [0.29, 0.717) is 54.7 Å². The summed E-state index contributed by atoms with van der Waals surface area (Å²) in [6, 6.07) is 0. The first kappa shape index (κ1) is 58.5. The highest BCUT2D eigenvalue weighted by Crippen LogP contribution is 2.23. The Hall–Kier alpha value is -2.55. The van der Waals surface area contributed by atoms with Crippen LogP contribution in [-0.2, 0) is 32.2 Å². The monoisotopic (exact) mass is 855 g/mol. The highest BCUT2D eigenvalue weighted by Gasteiger charge is 2.11. The Balaban J connectivity index is 0.00000118. The van der Waals surface area contributed by atoms with Gasteiger partial charge in [0.25, 0.3) is 0 Å². The largest absolute Gasteiger partial charge is 0.393 e. The first-order chi connectivity index (χ1) is 28.3. The van der Waals surface area contributed by atoms with E-state index in [9.17, 15) is 0 Å². The summed E-state index contributed by atoms with van der Waals surface area (Å²) in [6.07, 6.45) is 25.9. The fraction of sp³-hybridized carbons (Fsp3) is 0.792. The van der Waals surface area contributed by atoms with Crippen LogP contribution >= 0.6 is 0 Å². The quantitative estimate of drug-likeness (QED) is 0.0346. The summed E-state index contributed by atoms with van der Waals surface area (Å²) in [5.41, 5.74) is 9.30. The number of hydrogen-bond acceptors (Lipinski definition) is 7. The average Bonchev–Trinajstić information content (AvgIpc) is 3.59. The van der Waals surface area contributed by atoms with Crippen molar-refractivity contribution in [1.82, 2.24) is 15.0 Å². The van der Waals surface area contributed by atoms with Crippen molar-refractivity contribution in [2.24, 2.45) is 26.8 Å². The van der Waals surface area contributed by atoms with E-state index in [1.807, 2.05) is 17.8 Å². The number of rotatable bonds is 29. The zero-order chi connectivity index (χ0) is 46.4. The maximum absolute atomic E-state index is 5.74. The number of oxime groups is 1. The Bertz CT molecular complexity index is 1420.